The van der Waals surface area contributed by atoms with Crippen molar-refractivity contribution in [2.45, 2.75) is 26.5 Å². The quantitative estimate of drug-likeness (QED) is 0.723. The number of aromatic nitrogens is 4. The van der Waals surface area contributed by atoms with E-state index in [0.29, 0.717) is 24.2 Å². The van der Waals surface area contributed by atoms with Gasteiger partial charge in [-0.3, -0.25) is 9.36 Å². The third-order valence-corrected chi connectivity index (χ3v) is 3.34. The van der Waals surface area contributed by atoms with E-state index in [4.69, 9.17) is 4.74 Å². The average molecular weight is 298 g/mol. The van der Waals surface area contributed by atoms with Crippen molar-refractivity contribution in [2.75, 3.05) is 6.61 Å². The molecule has 0 atom stereocenters. The SMILES string of the molecule is CC(C)OCCn1cnc2c(cnn2-c2ccccc2)c1=O. The van der Waals surface area contributed by atoms with E-state index in [-0.39, 0.29) is 11.7 Å². The zero-order valence-corrected chi connectivity index (χ0v) is 12.6. The Kier molecular flexibility index (Phi) is 4.02. The van der Waals surface area contributed by atoms with Gasteiger partial charge in [-0.2, -0.15) is 5.10 Å². The van der Waals surface area contributed by atoms with E-state index in [0.717, 1.165) is 5.69 Å². The van der Waals surface area contributed by atoms with Crippen LogP contribution in [0.1, 0.15) is 13.8 Å². The van der Waals surface area contributed by atoms with E-state index in [1.165, 1.54) is 0 Å². The van der Waals surface area contributed by atoms with E-state index < -0.39 is 0 Å². The van der Waals surface area contributed by atoms with Gasteiger partial charge in [-0.1, -0.05) is 18.2 Å². The fourth-order valence-electron chi connectivity index (χ4n) is 2.25. The minimum atomic E-state index is -0.0977. The summed E-state index contributed by atoms with van der Waals surface area (Å²) in [5.74, 6) is 0. The molecule has 2 heterocycles. The molecule has 0 N–H and O–H groups in total. The van der Waals surface area contributed by atoms with E-state index in [1.807, 2.05) is 44.2 Å². The molecule has 3 rings (SSSR count). The lowest BCUT2D eigenvalue weighted by atomic mass is 10.3. The van der Waals surface area contributed by atoms with Crippen molar-refractivity contribution in [3.63, 3.8) is 0 Å². The number of rotatable bonds is 5. The van der Waals surface area contributed by atoms with Gasteiger partial charge >= 0.3 is 0 Å². The molecule has 0 saturated carbocycles. The third kappa shape index (κ3) is 2.78. The highest BCUT2D eigenvalue weighted by Crippen LogP contribution is 2.12. The Labute approximate surface area is 128 Å². The summed E-state index contributed by atoms with van der Waals surface area (Å²) in [6.07, 6.45) is 3.26. The van der Waals surface area contributed by atoms with Gasteiger partial charge in [0.1, 0.15) is 11.7 Å². The minimum Gasteiger partial charge on any atom is -0.377 e. The molecule has 0 saturated heterocycles. The maximum absolute atomic E-state index is 12.5. The number of benzene rings is 1. The molecule has 0 bridgehead atoms. The van der Waals surface area contributed by atoms with Gasteiger partial charge in [0.15, 0.2) is 5.65 Å². The zero-order chi connectivity index (χ0) is 15.5. The monoisotopic (exact) mass is 298 g/mol. The van der Waals surface area contributed by atoms with E-state index in [2.05, 4.69) is 10.1 Å². The molecular formula is C16H18N4O2. The highest BCUT2D eigenvalue weighted by atomic mass is 16.5. The number of fused-ring (bicyclic) bond motifs is 1. The van der Waals surface area contributed by atoms with Gasteiger partial charge in [-0.15, -0.1) is 0 Å². The van der Waals surface area contributed by atoms with Crippen molar-refractivity contribution >= 4 is 11.0 Å². The Balaban J connectivity index is 1.95. The van der Waals surface area contributed by atoms with Gasteiger partial charge in [0.25, 0.3) is 5.56 Å². The van der Waals surface area contributed by atoms with Gasteiger partial charge in [-0.25, -0.2) is 9.67 Å². The molecule has 6 heteroatoms. The first kappa shape index (κ1) is 14.5. The summed E-state index contributed by atoms with van der Waals surface area (Å²) in [7, 11) is 0. The van der Waals surface area contributed by atoms with Gasteiger partial charge in [0.2, 0.25) is 0 Å². The van der Waals surface area contributed by atoms with Crippen molar-refractivity contribution < 1.29 is 4.74 Å². The number of ether oxygens (including phenoxy) is 1. The minimum absolute atomic E-state index is 0.0977. The molecule has 0 unspecified atom stereocenters. The molecule has 0 aliphatic carbocycles. The molecule has 0 aliphatic heterocycles. The predicted octanol–water partition coefficient (Wildman–Crippen LogP) is 2.01. The van der Waals surface area contributed by atoms with Gasteiger partial charge in [0.05, 0.1) is 31.1 Å². The van der Waals surface area contributed by atoms with Gasteiger partial charge in [0, 0.05) is 0 Å². The van der Waals surface area contributed by atoms with Gasteiger partial charge in [-0.05, 0) is 26.0 Å². The Morgan fingerprint density at radius 1 is 1.23 bits per heavy atom. The molecule has 0 fully saturated rings. The van der Waals surface area contributed by atoms with Crippen molar-refractivity contribution in [1.29, 1.82) is 0 Å². The zero-order valence-electron chi connectivity index (χ0n) is 12.6. The summed E-state index contributed by atoms with van der Waals surface area (Å²) in [4.78, 5) is 16.8. The summed E-state index contributed by atoms with van der Waals surface area (Å²) in [5.41, 5.74) is 1.35. The summed E-state index contributed by atoms with van der Waals surface area (Å²) in [6.45, 7) is 4.90. The Hall–Kier alpha value is -2.47. The van der Waals surface area contributed by atoms with E-state index in [9.17, 15) is 4.79 Å². The molecule has 0 radical (unpaired) electrons. The lowest BCUT2D eigenvalue weighted by molar-refractivity contribution is 0.0722. The normalized spacial score (nSPS) is 11.4. The lowest BCUT2D eigenvalue weighted by Crippen LogP contribution is -2.23. The van der Waals surface area contributed by atoms with Crippen LogP contribution in [0.2, 0.25) is 0 Å². The summed E-state index contributed by atoms with van der Waals surface area (Å²) < 4.78 is 8.71. The third-order valence-electron chi connectivity index (χ3n) is 3.34. The second-order valence-corrected chi connectivity index (χ2v) is 5.29. The number of hydrogen-bond acceptors (Lipinski definition) is 4. The molecule has 1 aromatic carbocycles. The lowest BCUT2D eigenvalue weighted by Gasteiger charge is -2.09. The first-order valence-corrected chi connectivity index (χ1v) is 7.27. The molecule has 6 nitrogen and oxygen atoms in total. The number of para-hydroxylation sites is 1. The molecule has 0 amide bonds. The molecule has 22 heavy (non-hydrogen) atoms. The van der Waals surface area contributed by atoms with Crippen LogP contribution in [0.15, 0.2) is 47.7 Å². The van der Waals surface area contributed by atoms with Gasteiger partial charge < -0.3 is 4.74 Å². The predicted molar refractivity (Wildman–Crippen MR) is 84.2 cm³/mol. The van der Waals surface area contributed by atoms with Crippen molar-refractivity contribution in [1.82, 2.24) is 19.3 Å². The van der Waals surface area contributed by atoms with Crippen LogP contribution in [0, 0.1) is 0 Å². The number of hydrogen-bond donors (Lipinski definition) is 0. The Bertz CT molecular complexity index is 821. The highest BCUT2D eigenvalue weighted by Gasteiger charge is 2.11. The average Bonchev–Trinajstić information content (AvgIpc) is 2.95. The van der Waals surface area contributed by atoms with Crippen LogP contribution in [-0.2, 0) is 11.3 Å². The molecule has 0 spiro atoms. The number of nitrogens with zero attached hydrogens (tertiary/aromatic N) is 4. The van der Waals surface area contributed by atoms with Crippen LogP contribution in [-0.4, -0.2) is 32.0 Å². The van der Waals surface area contributed by atoms with Crippen LogP contribution in [0.4, 0.5) is 0 Å². The Morgan fingerprint density at radius 2 is 2.00 bits per heavy atom. The maximum atomic E-state index is 12.5. The fourth-order valence-corrected chi connectivity index (χ4v) is 2.25. The van der Waals surface area contributed by atoms with Crippen molar-refractivity contribution in [3.8, 4) is 5.69 Å². The van der Waals surface area contributed by atoms with Crippen LogP contribution in [0.25, 0.3) is 16.7 Å². The molecule has 2 aromatic heterocycles. The fraction of sp³-hybridized carbons (Fsp3) is 0.312. The van der Waals surface area contributed by atoms with Crippen molar-refractivity contribution in [3.05, 3.63) is 53.2 Å². The largest absolute Gasteiger partial charge is 0.377 e. The first-order chi connectivity index (χ1) is 10.7. The molecule has 114 valence electrons. The van der Waals surface area contributed by atoms with Crippen LogP contribution < -0.4 is 5.56 Å². The smallest absolute Gasteiger partial charge is 0.264 e. The van der Waals surface area contributed by atoms with Crippen LogP contribution in [0.3, 0.4) is 0 Å². The topological polar surface area (TPSA) is 61.9 Å². The Morgan fingerprint density at radius 3 is 2.73 bits per heavy atom. The second-order valence-electron chi connectivity index (χ2n) is 5.29. The van der Waals surface area contributed by atoms with E-state index in [1.54, 1.807) is 21.8 Å². The molecular weight excluding hydrogens is 280 g/mol. The van der Waals surface area contributed by atoms with E-state index >= 15 is 0 Å². The summed E-state index contributed by atoms with van der Waals surface area (Å²) >= 11 is 0. The van der Waals surface area contributed by atoms with Crippen LogP contribution in [0.5, 0.6) is 0 Å². The van der Waals surface area contributed by atoms with Crippen LogP contribution >= 0.6 is 0 Å². The standard InChI is InChI=1S/C16H18N4O2/c1-12(2)22-9-8-19-11-17-15-14(16(19)21)10-18-20(15)13-6-4-3-5-7-13/h3-7,10-12H,8-9H2,1-2H3. The van der Waals surface area contributed by atoms with Crippen molar-refractivity contribution in [2.24, 2.45) is 0 Å². The highest BCUT2D eigenvalue weighted by molar-refractivity contribution is 5.74. The first-order valence-electron chi connectivity index (χ1n) is 7.27. The second kappa shape index (κ2) is 6.11. The molecule has 0 aliphatic rings. The summed E-state index contributed by atoms with van der Waals surface area (Å²) in [6, 6.07) is 9.64. The summed E-state index contributed by atoms with van der Waals surface area (Å²) in [5, 5.41) is 4.80. The molecule has 3 aromatic rings. The maximum Gasteiger partial charge on any atom is 0.264 e.